The molecular formula is C44H24N2O2S. The molecule has 0 bridgehead atoms. The first-order valence-electron chi connectivity index (χ1n) is 16.3. The number of aromatic nitrogens is 2. The SMILES string of the molecule is c1ccc(-c2cc3c4ccc(-c5nc(-c6cccc7oc8ccccc8c67)c6sc7ccccc7c6n5)cc4oc3c3ccccc23)cc1. The topological polar surface area (TPSA) is 52.1 Å². The maximum atomic E-state index is 6.71. The largest absolute Gasteiger partial charge is 0.456 e. The van der Waals surface area contributed by atoms with Crippen molar-refractivity contribution >= 4 is 86.3 Å². The summed E-state index contributed by atoms with van der Waals surface area (Å²) in [7, 11) is 0. The number of hydrogen-bond acceptors (Lipinski definition) is 5. The van der Waals surface area contributed by atoms with Gasteiger partial charge in [-0.15, -0.1) is 11.3 Å². The van der Waals surface area contributed by atoms with E-state index in [1.807, 2.05) is 18.2 Å². The Morgan fingerprint density at radius 3 is 2.10 bits per heavy atom. The van der Waals surface area contributed by atoms with Crippen LogP contribution >= 0.6 is 11.3 Å². The smallest absolute Gasteiger partial charge is 0.160 e. The van der Waals surface area contributed by atoms with E-state index < -0.39 is 0 Å². The predicted molar refractivity (Wildman–Crippen MR) is 203 cm³/mol. The van der Waals surface area contributed by atoms with Crippen molar-refractivity contribution in [3.05, 3.63) is 146 Å². The minimum Gasteiger partial charge on any atom is -0.456 e. The summed E-state index contributed by atoms with van der Waals surface area (Å²) in [5.41, 5.74) is 9.59. The molecule has 0 aliphatic heterocycles. The molecule has 0 unspecified atom stereocenters. The van der Waals surface area contributed by atoms with E-state index in [9.17, 15) is 0 Å². The Balaban J connectivity index is 1.18. The van der Waals surface area contributed by atoms with Gasteiger partial charge in [0.2, 0.25) is 0 Å². The summed E-state index contributed by atoms with van der Waals surface area (Å²) in [4.78, 5) is 10.6. The van der Waals surface area contributed by atoms with Crippen molar-refractivity contribution in [1.82, 2.24) is 9.97 Å². The third-order valence-corrected chi connectivity index (χ3v) is 10.9. The van der Waals surface area contributed by atoms with Gasteiger partial charge in [0.15, 0.2) is 5.82 Å². The second-order valence-electron chi connectivity index (χ2n) is 12.5. The van der Waals surface area contributed by atoms with Crippen LogP contribution in [0.3, 0.4) is 0 Å². The van der Waals surface area contributed by atoms with Crippen molar-refractivity contribution in [3.8, 4) is 33.8 Å². The molecule has 11 aromatic rings. The Morgan fingerprint density at radius 2 is 1.20 bits per heavy atom. The van der Waals surface area contributed by atoms with Crippen molar-refractivity contribution in [2.45, 2.75) is 0 Å². The van der Waals surface area contributed by atoms with Gasteiger partial charge in [0.05, 0.1) is 15.9 Å². The molecule has 0 spiro atoms. The van der Waals surface area contributed by atoms with Crippen LogP contribution in [0.2, 0.25) is 0 Å². The summed E-state index contributed by atoms with van der Waals surface area (Å²) < 4.78 is 15.2. The number of furan rings is 2. The molecule has 0 N–H and O–H groups in total. The van der Waals surface area contributed by atoms with Gasteiger partial charge in [-0.25, -0.2) is 9.97 Å². The number of para-hydroxylation sites is 1. The van der Waals surface area contributed by atoms with Crippen LogP contribution in [0.4, 0.5) is 0 Å². The van der Waals surface area contributed by atoms with Gasteiger partial charge in [-0.05, 0) is 52.9 Å². The van der Waals surface area contributed by atoms with E-state index in [0.717, 1.165) is 81.7 Å². The molecular weight excluding hydrogens is 621 g/mol. The van der Waals surface area contributed by atoms with Gasteiger partial charge in [-0.2, -0.15) is 0 Å². The van der Waals surface area contributed by atoms with Crippen LogP contribution in [0, 0.1) is 0 Å². The average molecular weight is 645 g/mol. The standard InChI is InChI=1S/C44H24N2O2S/c1-2-11-25(12-3-1)33-24-34-28-22-21-26(23-37(28)48-42(34)29-14-5-4-13-27(29)33)44-45-40-31-16-7-9-20-38(31)49-43(40)41(46-44)32-17-10-19-36-39(32)30-15-6-8-18-35(30)47-36/h1-24H. The van der Waals surface area contributed by atoms with E-state index in [1.165, 1.54) is 21.2 Å². The van der Waals surface area contributed by atoms with Gasteiger partial charge >= 0.3 is 0 Å². The zero-order valence-electron chi connectivity index (χ0n) is 26.0. The van der Waals surface area contributed by atoms with Crippen LogP contribution in [0.25, 0.3) is 109 Å². The molecule has 11 rings (SSSR count). The van der Waals surface area contributed by atoms with E-state index in [1.54, 1.807) is 11.3 Å². The van der Waals surface area contributed by atoms with E-state index in [-0.39, 0.29) is 0 Å². The first-order chi connectivity index (χ1) is 24.3. The number of fused-ring (bicyclic) bond motifs is 11. The summed E-state index contributed by atoms with van der Waals surface area (Å²) in [5, 5.41) is 7.70. The van der Waals surface area contributed by atoms with Crippen molar-refractivity contribution in [1.29, 1.82) is 0 Å². The van der Waals surface area contributed by atoms with Crippen LogP contribution in [0.1, 0.15) is 0 Å². The van der Waals surface area contributed by atoms with Crippen molar-refractivity contribution in [2.24, 2.45) is 0 Å². The van der Waals surface area contributed by atoms with Crippen LogP contribution in [0.5, 0.6) is 0 Å². The third kappa shape index (κ3) is 3.91. The normalized spacial score (nSPS) is 12.1. The molecule has 7 aromatic carbocycles. The van der Waals surface area contributed by atoms with E-state index in [2.05, 4.69) is 127 Å². The Hall–Kier alpha value is -6.30. The average Bonchev–Trinajstić information content (AvgIpc) is 3.85. The van der Waals surface area contributed by atoms with Crippen molar-refractivity contribution in [2.75, 3.05) is 0 Å². The summed E-state index contributed by atoms with van der Waals surface area (Å²) in [5.74, 6) is 0.660. The van der Waals surface area contributed by atoms with Gasteiger partial charge < -0.3 is 8.83 Å². The van der Waals surface area contributed by atoms with E-state index in [0.29, 0.717) is 5.82 Å². The highest BCUT2D eigenvalue weighted by molar-refractivity contribution is 7.26. The zero-order chi connectivity index (χ0) is 32.1. The molecule has 0 aliphatic carbocycles. The fourth-order valence-electron chi connectivity index (χ4n) is 7.47. The first kappa shape index (κ1) is 26.7. The Labute approximate surface area is 283 Å². The number of nitrogens with zero attached hydrogens (tertiary/aromatic N) is 2. The Morgan fingerprint density at radius 1 is 0.449 bits per heavy atom. The van der Waals surface area contributed by atoms with Crippen molar-refractivity contribution in [3.63, 3.8) is 0 Å². The van der Waals surface area contributed by atoms with E-state index in [4.69, 9.17) is 18.8 Å². The maximum Gasteiger partial charge on any atom is 0.160 e. The minimum atomic E-state index is 0.660. The second kappa shape index (κ2) is 10.1. The number of thiophene rings is 1. The summed E-state index contributed by atoms with van der Waals surface area (Å²) in [6, 6.07) is 50.6. The van der Waals surface area contributed by atoms with Gasteiger partial charge in [0, 0.05) is 48.1 Å². The third-order valence-electron chi connectivity index (χ3n) is 9.70. The summed E-state index contributed by atoms with van der Waals surface area (Å²) >= 11 is 1.74. The monoisotopic (exact) mass is 644 g/mol. The summed E-state index contributed by atoms with van der Waals surface area (Å²) in [6.45, 7) is 0. The van der Waals surface area contributed by atoms with Gasteiger partial charge in [0.1, 0.15) is 22.3 Å². The van der Waals surface area contributed by atoms with Crippen LogP contribution < -0.4 is 0 Å². The zero-order valence-corrected chi connectivity index (χ0v) is 26.8. The molecule has 4 heterocycles. The Kier molecular flexibility index (Phi) is 5.51. The van der Waals surface area contributed by atoms with Crippen LogP contribution in [0.15, 0.2) is 154 Å². The highest BCUT2D eigenvalue weighted by Gasteiger charge is 2.21. The van der Waals surface area contributed by atoms with Crippen molar-refractivity contribution < 1.29 is 8.83 Å². The highest BCUT2D eigenvalue weighted by atomic mass is 32.1. The molecule has 0 saturated carbocycles. The lowest BCUT2D eigenvalue weighted by molar-refractivity contribution is 0.669. The lowest BCUT2D eigenvalue weighted by atomic mass is 9.95. The fourth-order valence-corrected chi connectivity index (χ4v) is 8.61. The number of rotatable bonds is 3. The van der Waals surface area contributed by atoms with Gasteiger partial charge in [0.25, 0.3) is 0 Å². The molecule has 228 valence electrons. The minimum absolute atomic E-state index is 0.660. The fraction of sp³-hybridized carbons (Fsp3) is 0. The molecule has 0 aliphatic rings. The molecule has 5 heteroatoms. The van der Waals surface area contributed by atoms with Gasteiger partial charge in [-0.1, -0.05) is 109 Å². The number of benzene rings is 7. The van der Waals surface area contributed by atoms with Crippen LogP contribution in [-0.2, 0) is 0 Å². The summed E-state index contributed by atoms with van der Waals surface area (Å²) in [6.07, 6.45) is 0. The molecule has 0 atom stereocenters. The highest BCUT2D eigenvalue weighted by Crippen LogP contribution is 2.44. The second-order valence-corrected chi connectivity index (χ2v) is 13.5. The quantitative estimate of drug-likeness (QED) is 0.192. The first-order valence-corrected chi connectivity index (χ1v) is 17.1. The van der Waals surface area contributed by atoms with Crippen LogP contribution in [-0.4, -0.2) is 9.97 Å². The van der Waals surface area contributed by atoms with Gasteiger partial charge in [-0.3, -0.25) is 0 Å². The number of hydrogen-bond donors (Lipinski definition) is 0. The molecule has 0 radical (unpaired) electrons. The lowest BCUT2D eigenvalue weighted by Gasteiger charge is -2.08. The molecule has 0 amide bonds. The van der Waals surface area contributed by atoms with E-state index >= 15 is 0 Å². The Bertz CT molecular complexity index is 3110. The molecule has 49 heavy (non-hydrogen) atoms. The molecule has 0 fully saturated rings. The molecule has 4 aromatic heterocycles. The molecule has 4 nitrogen and oxygen atoms in total. The maximum absolute atomic E-state index is 6.71. The lowest BCUT2D eigenvalue weighted by Crippen LogP contribution is -1.94. The molecule has 0 saturated heterocycles. The predicted octanol–water partition coefficient (Wildman–Crippen LogP) is 12.8.